The third-order valence-corrected chi connectivity index (χ3v) is 5.73. The van der Waals surface area contributed by atoms with Crippen LogP contribution in [-0.2, 0) is 9.53 Å². The molecule has 4 nitrogen and oxygen atoms in total. The second-order valence-electron chi connectivity index (χ2n) is 7.20. The Morgan fingerprint density at radius 1 is 1.33 bits per heavy atom. The van der Waals surface area contributed by atoms with Gasteiger partial charge in [0.25, 0.3) is 0 Å². The Balaban J connectivity index is 2.17. The van der Waals surface area contributed by atoms with Crippen molar-refractivity contribution in [3.8, 4) is 0 Å². The van der Waals surface area contributed by atoms with Gasteiger partial charge in [-0.2, -0.15) is 0 Å². The Labute approximate surface area is 125 Å². The molecule has 1 saturated carbocycles. The van der Waals surface area contributed by atoms with Crippen LogP contribution in [0.5, 0.6) is 0 Å². The summed E-state index contributed by atoms with van der Waals surface area (Å²) in [6.45, 7) is 8.56. The van der Waals surface area contributed by atoms with Crippen molar-refractivity contribution in [1.29, 1.82) is 0 Å². The molecule has 2 N–H and O–H groups in total. The molecule has 0 unspecified atom stereocenters. The quantitative estimate of drug-likeness (QED) is 0.531. The molecule has 0 aromatic carbocycles. The zero-order chi connectivity index (χ0) is 15.5. The highest BCUT2D eigenvalue weighted by Gasteiger charge is 2.56. The van der Waals surface area contributed by atoms with Gasteiger partial charge >= 0.3 is 5.97 Å². The molecule has 1 heterocycles. The fourth-order valence-corrected chi connectivity index (χ4v) is 4.80. The summed E-state index contributed by atoms with van der Waals surface area (Å²) >= 11 is 0. The van der Waals surface area contributed by atoms with Crippen molar-refractivity contribution in [2.45, 2.75) is 59.4 Å². The number of cyclic esters (lactones) is 1. The lowest BCUT2D eigenvalue weighted by Crippen LogP contribution is -2.45. The summed E-state index contributed by atoms with van der Waals surface area (Å²) in [5, 5.41) is 20.6. The molecule has 5 atom stereocenters. The van der Waals surface area contributed by atoms with Gasteiger partial charge in [0.15, 0.2) is 0 Å². The zero-order valence-corrected chi connectivity index (χ0v) is 13.1. The second-order valence-corrected chi connectivity index (χ2v) is 7.20. The minimum Gasteiger partial charge on any atom is -0.428 e. The molecule has 21 heavy (non-hydrogen) atoms. The first-order valence-electron chi connectivity index (χ1n) is 7.76. The number of hydrogen-bond donors (Lipinski definition) is 2. The number of ether oxygens (including phenoxy) is 1. The van der Waals surface area contributed by atoms with Gasteiger partial charge in [-0.05, 0) is 44.9 Å². The van der Waals surface area contributed by atoms with Crippen LogP contribution in [0.25, 0.3) is 0 Å². The number of rotatable bonds is 0. The fourth-order valence-electron chi connectivity index (χ4n) is 4.80. The Hall–Kier alpha value is -1.13. The molecular formula is C17H24O4. The van der Waals surface area contributed by atoms with Gasteiger partial charge in [0.05, 0.1) is 11.7 Å². The maximum absolute atomic E-state index is 11.9. The van der Waals surface area contributed by atoms with Crippen LogP contribution in [0.15, 0.2) is 22.3 Å². The molecular weight excluding hydrogens is 268 g/mol. The summed E-state index contributed by atoms with van der Waals surface area (Å²) < 4.78 is 4.98. The SMILES string of the molecule is CC(C)=C1[C@@H](C)CC[C@]2(C)C3=C(C(=O)O[C@H]3O)[C@H](O)C[C@@H]12. The number of aliphatic hydroxyl groups excluding tert-OH is 2. The van der Waals surface area contributed by atoms with Gasteiger partial charge in [-0.25, -0.2) is 4.79 Å². The Morgan fingerprint density at radius 3 is 2.62 bits per heavy atom. The van der Waals surface area contributed by atoms with Crippen LogP contribution in [-0.4, -0.2) is 28.6 Å². The van der Waals surface area contributed by atoms with Crippen molar-refractivity contribution in [3.63, 3.8) is 0 Å². The number of aliphatic hydroxyl groups is 2. The number of hydrogen-bond acceptors (Lipinski definition) is 4. The predicted molar refractivity (Wildman–Crippen MR) is 78.1 cm³/mol. The largest absolute Gasteiger partial charge is 0.428 e. The molecule has 0 aromatic rings. The van der Waals surface area contributed by atoms with E-state index in [0.29, 0.717) is 23.5 Å². The maximum atomic E-state index is 11.9. The first-order valence-corrected chi connectivity index (χ1v) is 7.76. The highest BCUT2D eigenvalue weighted by atomic mass is 16.6. The van der Waals surface area contributed by atoms with Crippen molar-refractivity contribution in [3.05, 3.63) is 22.3 Å². The van der Waals surface area contributed by atoms with E-state index in [1.807, 2.05) is 0 Å². The highest BCUT2D eigenvalue weighted by molar-refractivity contribution is 5.94. The third-order valence-electron chi connectivity index (χ3n) is 5.73. The molecule has 0 spiro atoms. The van der Waals surface area contributed by atoms with Crippen LogP contribution in [0, 0.1) is 17.3 Å². The van der Waals surface area contributed by atoms with E-state index in [0.717, 1.165) is 12.8 Å². The van der Waals surface area contributed by atoms with Gasteiger partial charge in [0.2, 0.25) is 6.29 Å². The number of carbonyl (C=O) groups is 1. The van der Waals surface area contributed by atoms with Gasteiger partial charge in [-0.1, -0.05) is 25.0 Å². The lowest BCUT2D eigenvalue weighted by atomic mass is 9.53. The number of fused-ring (bicyclic) bond motifs is 2. The van der Waals surface area contributed by atoms with E-state index < -0.39 is 18.4 Å². The average Bonchev–Trinajstić information content (AvgIpc) is 2.68. The summed E-state index contributed by atoms with van der Waals surface area (Å²) in [5.41, 5.74) is 3.31. The fraction of sp³-hybridized carbons (Fsp3) is 0.706. The maximum Gasteiger partial charge on any atom is 0.339 e. The van der Waals surface area contributed by atoms with Crippen LogP contribution >= 0.6 is 0 Å². The minimum atomic E-state index is -1.19. The number of allylic oxidation sites excluding steroid dienone is 2. The second kappa shape index (κ2) is 4.68. The molecule has 0 radical (unpaired) electrons. The third kappa shape index (κ3) is 1.92. The average molecular weight is 292 g/mol. The van der Waals surface area contributed by atoms with Crippen molar-refractivity contribution in [2.75, 3.05) is 0 Å². The van der Waals surface area contributed by atoms with E-state index in [1.54, 1.807) is 0 Å². The molecule has 0 bridgehead atoms. The van der Waals surface area contributed by atoms with Crippen LogP contribution in [0.3, 0.4) is 0 Å². The van der Waals surface area contributed by atoms with Gasteiger partial charge in [-0.3, -0.25) is 0 Å². The molecule has 0 aromatic heterocycles. The van der Waals surface area contributed by atoms with Gasteiger partial charge in [0.1, 0.15) is 0 Å². The van der Waals surface area contributed by atoms with Crippen LogP contribution in [0.1, 0.15) is 47.0 Å². The van der Waals surface area contributed by atoms with Crippen LogP contribution in [0.4, 0.5) is 0 Å². The van der Waals surface area contributed by atoms with Crippen molar-refractivity contribution in [2.24, 2.45) is 17.3 Å². The highest BCUT2D eigenvalue weighted by Crippen LogP contribution is 2.59. The lowest BCUT2D eigenvalue weighted by molar-refractivity contribution is -0.153. The molecule has 0 saturated heterocycles. The number of carbonyl (C=O) groups excluding carboxylic acids is 1. The normalized spacial score (nSPS) is 42.6. The summed E-state index contributed by atoms with van der Waals surface area (Å²) in [6, 6.07) is 0. The number of esters is 1. The topological polar surface area (TPSA) is 66.8 Å². The Morgan fingerprint density at radius 2 is 2.00 bits per heavy atom. The van der Waals surface area contributed by atoms with E-state index in [-0.39, 0.29) is 11.3 Å². The first kappa shape index (κ1) is 14.8. The molecule has 3 rings (SSSR count). The smallest absolute Gasteiger partial charge is 0.339 e. The molecule has 4 heteroatoms. The Kier molecular flexibility index (Phi) is 3.30. The monoisotopic (exact) mass is 292 g/mol. The van der Waals surface area contributed by atoms with E-state index in [4.69, 9.17) is 4.74 Å². The van der Waals surface area contributed by atoms with Gasteiger partial charge < -0.3 is 14.9 Å². The summed E-state index contributed by atoms with van der Waals surface area (Å²) in [4.78, 5) is 11.9. The molecule has 1 fully saturated rings. The van der Waals surface area contributed by atoms with Gasteiger partial charge in [-0.15, -0.1) is 0 Å². The molecule has 1 aliphatic heterocycles. The van der Waals surface area contributed by atoms with Crippen molar-refractivity contribution < 1.29 is 19.7 Å². The lowest BCUT2D eigenvalue weighted by Gasteiger charge is -2.50. The standard InChI is InChI=1S/C17H24O4/c1-8(2)12-9(3)5-6-17(4)10(12)7-11(18)13-14(17)16(20)21-15(13)19/h9-11,16,18,20H,5-7H2,1-4H3/t9-,10-,11+,16+,17-/m0/s1. The van der Waals surface area contributed by atoms with E-state index in [2.05, 4.69) is 27.7 Å². The van der Waals surface area contributed by atoms with Crippen LogP contribution < -0.4 is 0 Å². The van der Waals surface area contributed by atoms with E-state index >= 15 is 0 Å². The Bertz CT molecular complexity index is 555. The van der Waals surface area contributed by atoms with Crippen molar-refractivity contribution >= 4 is 5.97 Å². The van der Waals surface area contributed by atoms with Gasteiger partial charge in [0, 0.05) is 11.0 Å². The molecule has 2 aliphatic carbocycles. The van der Waals surface area contributed by atoms with E-state index in [1.165, 1.54) is 11.1 Å². The predicted octanol–water partition coefficient (Wildman–Crippen LogP) is 2.31. The summed E-state index contributed by atoms with van der Waals surface area (Å²) in [5.74, 6) is 0.101. The first-order chi connectivity index (χ1) is 9.77. The molecule has 0 amide bonds. The van der Waals surface area contributed by atoms with Crippen molar-refractivity contribution in [1.82, 2.24) is 0 Å². The molecule has 3 aliphatic rings. The summed E-state index contributed by atoms with van der Waals surface area (Å²) in [7, 11) is 0. The van der Waals surface area contributed by atoms with E-state index in [9.17, 15) is 15.0 Å². The zero-order valence-electron chi connectivity index (χ0n) is 13.1. The summed E-state index contributed by atoms with van der Waals surface area (Å²) in [6.07, 6.45) is 0.460. The molecule has 116 valence electrons. The minimum absolute atomic E-state index is 0.171. The van der Waals surface area contributed by atoms with Crippen LogP contribution in [0.2, 0.25) is 0 Å².